The van der Waals surface area contributed by atoms with Crippen molar-refractivity contribution in [3.05, 3.63) is 66.0 Å². The molecular formula is C17H14N4O2. The molecule has 2 N–H and O–H groups in total. The number of nitrogens with zero attached hydrogens (tertiary/aromatic N) is 2. The molecule has 0 saturated heterocycles. The number of aromatic nitrogens is 3. The molecule has 1 aromatic carbocycles. The zero-order valence-corrected chi connectivity index (χ0v) is 12.2. The van der Waals surface area contributed by atoms with E-state index in [9.17, 15) is 4.79 Å². The van der Waals surface area contributed by atoms with Crippen molar-refractivity contribution in [1.82, 2.24) is 20.3 Å². The maximum Gasteiger partial charge on any atom is 0.251 e. The molecule has 0 spiro atoms. The highest BCUT2D eigenvalue weighted by molar-refractivity contribution is 5.95. The molecule has 0 radical (unpaired) electrons. The second-order valence-electron chi connectivity index (χ2n) is 5.25. The minimum absolute atomic E-state index is 0.159. The van der Waals surface area contributed by atoms with Crippen molar-refractivity contribution in [3.8, 4) is 16.9 Å². The lowest BCUT2D eigenvalue weighted by atomic mass is 9.97. The Kier molecular flexibility index (Phi) is 3.27. The number of amides is 1. The van der Waals surface area contributed by atoms with E-state index in [-0.39, 0.29) is 5.91 Å². The number of H-pyrrole nitrogens is 1. The number of aromatic amines is 1. The number of hydrogen-bond donors (Lipinski definition) is 2. The van der Waals surface area contributed by atoms with Crippen molar-refractivity contribution >= 4 is 5.91 Å². The summed E-state index contributed by atoms with van der Waals surface area (Å²) in [6.45, 7) is 0.825. The fraction of sp³-hybridized carbons (Fsp3) is 0.118. The van der Waals surface area contributed by atoms with Gasteiger partial charge in [-0.1, -0.05) is 0 Å². The Hall–Kier alpha value is -3.15. The van der Waals surface area contributed by atoms with Crippen LogP contribution in [0.15, 0.2) is 49.1 Å². The van der Waals surface area contributed by atoms with Crippen LogP contribution >= 0.6 is 0 Å². The highest BCUT2D eigenvalue weighted by atomic mass is 16.5. The second kappa shape index (κ2) is 5.57. The third-order valence-corrected chi connectivity index (χ3v) is 3.79. The lowest BCUT2D eigenvalue weighted by molar-refractivity contribution is 0.0949. The molecule has 0 aliphatic carbocycles. The zero-order chi connectivity index (χ0) is 15.6. The van der Waals surface area contributed by atoms with Gasteiger partial charge in [0.25, 0.3) is 5.91 Å². The van der Waals surface area contributed by atoms with E-state index in [2.05, 4.69) is 20.3 Å². The van der Waals surface area contributed by atoms with Gasteiger partial charge in [0.05, 0.1) is 6.54 Å². The molecule has 114 valence electrons. The van der Waals surface area contributed by atoms with E-state index in [1.807, 2.05) is 18.3 Å². The van der Waals surface area contributed by atoms with Crippen LogP contribution in [0.5, 0.6) is 5.75 Å². The smallest absolute Gasteiger partial charge is 0.251 e. The highest BCUT2D eigenvalue weighted by Crippen LogP contribution is 2.37. The Morgan fingerprint density at radius 2 is 2.22 bits per heavy atom. The summed E-state index contributed by atoms with van der Waals surface area (Å²) >= 11 is 0. The molecule has 6 nitrogen and oxygen atoms in total. The Bertz CT molecular complexity index is 859. The van der Waals surface area contributed by atoms with E-state index in [0.29, 0.717) is 30.3 Å². The third-order valence-electron chi connectivity index (χ3n) is 3.79. The summed E-state index contributed by atoms with van der Waals surface area (Å²) in [6, 6.07) is 7.45. The Labute approximate surface area is 132 Å². The summed E-state index contributed by atoms with van der Waals surface area (Å²) < 4.78 is 5.75. The van der Waals surface area contributed by atoms with Crippen LogP contribution in [0.2, 0.25) is 0 Å². The number of pyridine rings is 1. The van der Waals surface area contributed by atoms with E-state index >= 15 is 0 Å². The first kappa shape index (κ1) is 13.5. The molecule has 1 aliphatic rings. The van der Waals surface area contributed by atoms with Gasteiger partial charge >= 0.3 is 0 Å². The van der Waals surface area contributed by atoms with Crippen molar-refractivity contribution < 1.29 is 9.53 Å². The minimum atomic E-state index is -0.159. The summed E-state index contributed by atoms with van der Waals surface area (Å²) in [7, 11) is 0. The maximum absolute atomic E-state index is 12.3. The fourth-order valence-corrected chi connectivity index (χ4v) is 2.63. The highest BCUT2D eigenvalue weighted by Gasteiger charge is 2.18. The largest absolute Gasteiger partial charge is 0.488 e. The summed E-state index contributed by atoms with van der Waals surface area (Å²) in [6.07, 6.45) is 6.95. The number of ether oxygens (including phenoxy) is 1. The van der Waals surface area contributed by atoms with Crippen LogP contribution in [-0.2, 0) is 13.2 Å². The topological polar surface area (TPSA) is 79.9 Å². The molecule has 0 fully saturated rings. The number of carbonyl (C=O) groups is 1. The van der Waals surface area contributed by atoms with E-state index in [4.69, 9.17) is 4.74 Å². The number of rotatable bonds is 3. The molecule has 0 unspecified atom stereocenters. The van der Waals surface area contributed by atoms with Gasteiger partial charge in [-0.05, 0) is 29.8 Å². The number of nitrogens with one attached hydrogen (secondary N) is 2. The molecule has 3 heterocycles. The van der Waals surface area contributed by atoms with Gasteiger partial charge in [-0.3, -0.25) is 9.78 Å². The van der Waals surface area contributed by atoms with Gasteiger partial charge in [0, 0.05) is 41.5 Å². The van der Waals surface area contributed by atoms with Crippen LogP contribution < -0.4 is 10.1 Å². The van der Waals surface area contributed by atoms with E-state index in [0.717, 1.165) is 16.7 Å². The lowest BCUT2D eigenvalue weighted by Gasteiger charge is -2.20. The number of fused-ring (bicyclic) bond motifs is 3. The molecule has 23 heavy (non-hydrogen) atoms. The molecule has 3 aromatic rings. The molecule has 0 bridgehead atoms. The second-order valence-corrected chi connectivity index (χ2v) is 5.25. The van der Waals surface area contributed by atoms with Crippen molar-refractivity contribution in [2.75, 3.05) is 0 Å². The van der Waals surface area contributed by atoms with Crippen LogP contribution in [0.25, 0.3) is 11.1 Å². The van der Waals surface area contributed by atoms with Crippen molar-refractivity contribution in [2.45, 2.75) is 13.2 Å². The van der Waals surface area contributed by atoms with Gasteiger partial charge in [-0.25, -0.2) is 4.98 Å². The first-order chi connectivity index (χ1) is 11.3. The Morgan fingerprint density at radius 1 is 1.26 bits per heavy atom. The molecule has 1 aliphatic heterocycles. The number of hydrogen-bond acceptors (Lipinski definition) is 4. The third kappa shape index (κ3) is 2.55. The number of imidazole rings is 1. The van der Waals surface area contributed by atoms with Crippen LogP contribution in [0, 0.1) is 0 Å². The molecule has 6 heteroatoms. The maximum atomic E-state index is 12.3. The van der Waals surface area contributed by atoms with Gasteiger partial charge in [0.1, 0.15) is 18.2 Å². The molecule has 0 saturated carbocycles. The van der Waals surface area contributed by atoms with E-state index in [1.165, 1.54) is 0 Å². The predicted molar refractivity (Wildman–Crippen MR) is 83.8 cm³/mol. The first-order valence-corrected chi connectivity index (χ1v) is 7.28. The lowest BCUT2D eigenvalue weighted by Crippen LogP contribution is -2.23. The normalized spacial score (nSPS) is 12.0. The molecule has 1 amide bonds. The van der Waals surface area contributed by atoms with Gasteiger partial charge in [0.15, 0.2) is 0 Å². The summed E-state index contributed by atoms with van der Waals surface area (Å²) in [5.74, 6) is 1.27. The fourth-order valence-electron chi connectivity index (χ4n) is 2.63. The van der Waals surface area contributed by atoms with Crippen LogP contribution in [-0.4, -0.2) is 20.9 Å². The van der Waals surface area contributed by atoms with Crippen molar-refractivity contribution in [1.29, 1.82) is 0 Å². The average Bonchev–Trinajstić information content (AvgIpc) is 3.12. The number of carbonyl (C=O) groups excluding carboxylic acids is 1. The first-order valence-electron chi connectivity index (χ1n) is 7.28. The molecule has 0 atom stereocenters. The Balaban J connectivity index is 1.57. The van der Waals surface area contributed by atoms with Crippen LogP contribution in [0.4, 0.5) is 0 Å². The zero-order valence-electron chi connectivity index (χ0n) is 12.2. The van der Waals surface area contributed by atoms with Gasteiger partial charge in [0.2, 0.25) is 0 Å². The van der Waals surface area contributed by atoms with E-state index < -0.39 is 0 Å². The SMILES string of the molecule is O=C(NCc1ncc[nH]1)c1ccc2c(c1)OCc1cnccc1-2. The van der Waals surface area contributed by atoms with E-state index in [1.54, 1.807) is 30.7 Å². The monoisotopic (exact) mass is 306 g/mol. The van der Waals surface area contributed by atoms with Gasteiger partial charge < -0.3 is 15.0 Å². The van der Waals surface area contributed by atoms with Gasteiger partial charge in [-0.15, -0.1) is 0 Å². The predicted octanol–water partition coefficient (Wildman–Crippen LogP) is 2.29. The summed E-state index contributed by atoms with van der Waals surface area (Å²) in [4.78, 5) is 23.4. The Morgan fingerprint density at radius 3 is 3.09 bits per heavy atom. The summed E-state index contributed by atoms with van der Waals surface area (Å²) in [5, 5.41) is 2.83. The van der Waals surface area contributed by atoms with Crippen molar-refractivity contribution in [2.24, 2.45) is 0 Å². The van der Waals surface area contributed by atoms with Gasteiger partial charge in [-0.2, -0.15) is 0 Å². The standard InChI is InChI=1S/C17H14N4O2/c22-17(21-9-16-19-5-6-20-16)11-1-2-14-13-3-4-18-8-12(13)10-23-15(14)7-11/h1-8H,9-10H2,(H,19,20)(H,21,22). The molecule has 4 rings (SSSR count). The molecule has 2 aromatic heterocycles. The van der Waals surface area contributed by atoms with Crippen LogP contribution in [0.1, 0.15) is 21.7 Å². The minimum Gasteiger partial charge on any atom is -0.488 e. The average molecular weight is 306 g/mol. The quantitative estimate of drug-likeness (QED) is 0.778. The summed E-state index contributed by atoms with van der Waals surface area (Å²) in [5.41, 5.74) is 3.70. The van der Waals surface area contributed by atoms with Crippen molar-refractivity contribution in [3.63, 3.8) is 0 Å². The number of benzene rings is 1. The van der Waals surface area contributed by atoms with Crippen LogP contribution in [0.3, 0.4) is 0 Å². The molecular weight excluding hydrogens is 292 g/mol.